The van der Waals surface area contributed by atoms with Gasteiger partial charge in [-0.25, -0.2) is 0 Å². The molecule has 1 N–H and O–H groups in total. The van der Waals surface area contributed by atoms with Crippen LogP contribution in [0.3, 0.4) is 0 Å². The lowest BCUT2D eigenvalue weighted by Gasteiger charge is -2.35. The van der Waals surface area contributed by atoms with E-state index in [-0.39, 0.29) is 17.9 Å². The molecule has 2 aliphatic rings. The number of hydrogen-bond acceptors (Lipinski definition) is 5. The number of piperidine rings is 1. The molecule has 2 heterocycles. The summed E-state index contributed by atoms with van der Waals surface area (Å²) in [6, 6.07) is 5.87. The maximum Gasteiger partial charge on any atom is 0.234 e. The quantitative estimate of drug-likeness (QED) is 0.754. The van der Waals surface area contributed by atoms with Crippen LogP contribution in [0.5, 0.6) is 5.75 Å². The Bertz CT molecular complexity index is 714. The summed E-state index contributed by atoms with van der Waals surface area (Å²) in [7, 11) is 1.67. The predicted molar refractivity (Wildman–Crippen MR) is 113 cm³/mol. The fourth-order valence-electron chi connectivity index (χ4n) is 4.03. The van der Waals surface area contributed by atoms with Crippen molar-refractivity contribution in [1.82, 2.24) is 20.0 Å². The van der Waals surface area contributed by atoms with Crippen LogP contribution in [0.1, 0.15) is 25.3 Å². The van der Waals surface area contributed by atoms with Gasteiger partial charge in [0.25, 0.3) is 0 Å². The summed E-state index contributed by atoms with van der Waals surface area (Å²) in [4.78, 5) is 30.2. The van der Waals surface area contributed by atoms with E-state index in [9.17, 15) is 9.59 Å². The van der Waals surface area contributed by atoms with Gasteiger partial charge in [-0.3, -0.25) is 19.4 Å². The zero-order chi connectivity index (χ0) is 20.8. The van der Waals surface area contributed by atoms with Crippen molar-refractivity contribution in [1.29, 1.82) is 0 Å². The minimum Gasteiger partial charge on any atom is -0.496 e. The number of halogens is 1. The minimum absolute atomic E-state index is 0.0798. The van der Waals surface area contributed by atoms with Crippen molar-refractivity contribution in [3.63, 3.8) is 0 Å². The Morgan fingerprint density at radius 3 is 2.38 bits per heavy atom. The molecule has 3 rings (SSSR count). The number of benzene rings is 1. The topological polar surface area (TPSA) is 65.1 Å². The Labute approximate surface area is 177 Å². The molecule has 2 aliphatic heterocycles. The standard InChI is InChI=1S/C21H31ClN4O3/c1-16(27)26-7-5-19(6-8-26)23-21(28)15-25-11-9-24(10-12-25)14-17-13-18(22)3-4-20(17)29-2/h3-4,13,19H,5-12,14-15H2,1-2H3,(H,23,28). The van der Waals surface area contributed by atoms with E-state index in [2.05, 4.69) is 15.1 Å². The third-order valence-corrected chi connectivity index (χ3v) is 6.01. The number of carbonyl (C=O) groups excluding carboxylic acids is 2. The molecule has 0 radical (unpaired) electrons. The molecule has 0 atom stereocenters. The molecule has 0 bridgehead atoms. The van der Waals surface area contributed by atoms with Gasteiger partial charge in [0.1, 0.15) is 5.75 Å². The summed E-state index contributed by atoms with van der Waals surface area (Å²) < 4.78 is 5.44. The summed E-state index contributed by atoms with van der Waals surface area (Å²) in [5, 5.41) is 3.85. The van der Waals surface area contributed by atoms with Crippen LogP contribution in [0.15, 0.2) is 18.2 Å². The molecule has 2 amide bonds. The second-order valence-electron chi connectivity index (χ2n) is 7.86. The van der Waals surface area contributed by atoms with E-state index in [1.54, 1.807) is 14.0 Å². The number of ether oxygens (including phenoxy) is 1. The third-order valence-electron chi connectivity index (χ3n) is 5.77. The molecule has 0 spiro atoms. The van der Waals surface area contributed by atoms with Crippen molar-refractivity contribution in [2.75, 3.05) is 52.9 Å². The number of carbonyl (C=O) groups is 2. The summed E-state index contributed by atoms with van der Waals surface area (Å²) >= 11 is 6.13. The molecule has 0 aliphatic carbocycles. The van der Waals surface area contributed by atoms with E-state index in [1.165, 1.54) is 0 Å². The second kappa shape index (κ2) is 10.3. The fraction of sp³-hybridized carbons (Fsp3) is 0.619. The highest BCUT2D eigenvalue weighted by Gasteiger charge is 2.24. The number of likely N-dealkylation sites (tertiary alicyclic amines) is 1. The number of rotatable bonds is 6. The number of methoxy groups -OCH3 is 1. The van der Waals surface area contributed by atoms with E-state index in [1.807, 2.05) is 23.1 Å². The van der Waals surface area contributed by atoms with Gasteiger partial charge >= 0.3 is 0 Å². The lowest BCUT2D eigenvalue weighted by atomic mass is 10.1. The molecule has 8 heteroatoms. The Hall–Kier alpha value is -1.83. The van der Waals surface area contributed by atoms with E-state index >= 15 is 0 Å². The molecule has 1 aromatic rings. The first-order valence-electron chi connectivity index (χ1n) is 10.3. The Kier molecular flexibility index (Phi) is 7.75. The van der Waals surface area contributed by atoms with Crippen molar-refractivity contribution in [3.05, 3.63) is 28.8 Å². The fourth-order valence-corrected chi connectivity index (χ4v) is 4.23. The van der Waals surface area contributed by atoms with Crippen molar-refractivity contribution in [2.24, 2.45) is 0 Å². The van der Waals surface area contributed by atoms with Crippen LogP contribution >= 0.6 is 11.6 Å². The normalized spacial score (nSPS) is 19.2. The highest BCUT2D eigenvalue weighted by atomic mass is 35.5. The van der Waals surface area contributed by atoms with Crippen LogP contribution < -0.4 is 10.1 Å². The minimum atomic E-state index is 0.0798. The summed E-state index contributed by atoms with van der Waals surface area (Å²) in [6.45, 7) is 7.80. The average Bonchev–Trinajstić information content (AvgIpc) is 2.70. The summed E-state index contributed by atoms with van der Waals surface area (Å²) in [5.74, 6) is 1.05. The number of hydrogen-bond donors (Lipinski definition) is 1. The van der Waals surface area contributed by atoms with Gasteiger partial charge in [0.05, 0.1) is 13.7 Å². The van der Waals surface area contributed by atoms with Crippen LogP contribution in [-0.4, -0.2) is 85.5 Å². The molecular weight excluding hydrogens is 392 g/mol. The Morgan fingerprint density at radius 2 is 1.76 bits per heavy atom. The number of piperazine rings is 1. The van der Waals surface area contributed by atoms with Crippen molar-refractivity contribution in [2.45, 2.75) is 32.4 Å². The lowest BCUT2D eigenvalue weighted by molar-refractivity contribution is -0.130. The van der Waals surface area contributed by atoms with E-state index in [4.69, 9.17) is 16.3 Å². The maximum absolute atomic E-state index is 12.4. The smallest absolute Gasteiger partial charge is 0.234 e. The van der Waals surface area contributed by atoms with Gasteiger partial charge in [0, 0.05) is 69.4 Å². The molecule has 7 nitrogen and oxygen atoms in total. The highest BCUT2D eigenvalue weighted by molar-refractivity contribution is 6.30. The van der Waals surface area contributed by atoms with Gasteiger partial charge in [0.2, 0.25) is 11.8 Å². The van der Waals surface area contributed by atoms with E-state index < -0.39 is 0 Å². The monoisotopic (exact) mass is 422 g/mol. The molecule has 0 unspecified atom stereocenters. The molecular formula is C21H31ClN4O3. The molecule has 2 saturated heterocycles. The Balaban J connectivity index is 1.39. The van der Waals surface area contributed by atoms with Gasteiger partial charge in [-0.2, -0.15) is 0 Å². The molecule has 0 aromatic heterocycles. The van der Waals surface area contributed by atoms with Crippen LogP contribution in [0, 0.1) is 0 Å². The lowest BCUT2D eigenvalue weighted by Crippen LogP contribution is -2.51. The number of nitrogens with one attached hydrogen (secondary N) is 1. The Morgan fingerprint density at radius 1 is 1.10 bits per heavy atom. The number of nitrogens with zero attached hydrogens (tertiary/aromatic N) is 3. The van der Waals surface area contributed by atoms with Gasteiger partial charge in [-0.1, -0.05) is 11.6 Å². The zero-order valence-electron chi connectivity index (χ0n) is 17.3. The van der Waals surface area contributed by atoms with E-state index in [0.29, 0.717) is 11.6 Å². The van der Waals surface area contributed by atoms with Crippen LogP contribution in [-0.2, 0) is 16.1 Å². The highest BCUT2D eigenvalue weighted by Crippen LogP contribution is 2.24. The van der Waals surface area contributed by atoms with Gasteiger partial charge in [-0.05, 0) is 31.0 Å². The van der Waals surface area contributed by atoms with Gasteiger partial charge in [-0.15, -0.1) is 0 Å². The molecule has 2 fully saturated rings. The average molecular weight is 423 g/mol. The molecule has 160 valence electrons. The van der Waals surface area contributed by atoms with Gasteiger partial charge in [0.15, 0.2) is 0 Å². The summed E-state index contributed by atoms with van der Waals surface area (Å²) in [5.41, 5.74) is 1.09. The molecule has 29 heavy (non-hydrogen) atoms. The predicted octanol–water partition coefficient (Wildman–Crippen LogP) is 1.59. The van der Waals surface area contributed by atoms with Crippen LogP contribution in [0.25, 0.3) is 0 Å². The first-order chi connectivity index (χ1) is 13.9. The first kappa shape index (κ1) is 21.9. The molecule has 0 saturated carbocycles. The SMILES string of the molecule is COc1ccc(Cl)cc1CN1CCN(CC(=O)NC2CCN(C(C)=O)CC2)CC1. The van der Waals surface area contributed by atoms with Crippen LogP contribution in [0.4, 0.5) is 0 Å². The second-order valence-corrected chi connectivity index (χ2v) is 8.29. The van der Waals surface area contributed by atoms with E-state index in [0.717, 1.165) is 70.0 Å². The largest absolute Gasteiger partial charge is 0.496 e. The zero-order valence-corrected chi connectivity index (χ0v) is 18.1. The first-order valence-corrected chi connectivity index (χ1v) is 10.6. The summed E-state index contributed by atoms with van der Waals surface area (Å²) in [6.07, 6.45) is 1.67. The van der Waals surface area contributed by atoms with Crippen molar-refractivity contribution in [3.8, 4) is 5.75 Å². The maximum atomic E-state index is 12.4. The molecule has 1 aromatic carbocycles. The van der Waals surface area contributed by atoms with Crippen LogP contribution in [0.2, 0.25) is 5.02 Å². The number of amides is 2. The third kappa shape index (κ3) is 6.32. The van der Waals surface area contributed by atoms with Gasteiger partial charge < -0.3 is 15.0 Å². The van der Waals surface area contributed by atoms with Crippen molar-refractivity contribution >= 4 is 23.4 Å². The van der Waals surface area contributed by atoms with Crippen molar-refractivity contribution < 1.29 is 14.3 Å².